The van der Waals surface area contributed by atoms with Gasteiger partial charge < -0.3 is 25.2 Å². The molecule has 21 heavy (non-hydrogen) atoms. The first-order chi connectivity index (χ1) is 9.64. The zero-order chi connectivity index (χ0) is 16.2. The number of nitrogens with zero attached hydrogens (tertiary/aromatic N) is 1. The normalized spacial score (nSPS) is 20.3. The molecule has 0 spiro atoms. The van der Waals surface area contributed by atoms with E-state index in [1.807, 2.05) is 0 Å². The third-order valence-electron chi connectivity index (χ3n) is 3.00. The van der Waals surface area contributed by atoms with Crippen LogP contribution in [0.2, 0.25) is 0 Å². The van der Waals surface area contributed by atoms with Crippen LogP contribution in [0.4, 0.5) is 4.79 Å². The molecule has 1 saturated heterocycles. The number of carboxylic acids is 1. The molecule has 1 aliphatic rings. The minimum atomic E-state index is -1.21. The second-order valence-electron chi connectivity index (χ2n) is 6.04. The Morgan fingerprint density at radius 3 is 2.52 bits per heavy atom. The van der Waals surface area contributed by atoms with Gasteiger partial charge >= 0.3 is 12.1 Å². The number of alkyl carbamates (subject to hydrolysis) is 1. The van der Waals surface area contributed by atoms with Gasteiger partial charge in [0.1, 0.15) is 11.6 Å². The lowest BCUT2D eigenvalue weighted by molar-refractivity contribution is -0.148. The molecule has 0 aromatic heterocycles. The number of aliphatic hydroxyl groups is 1. The number of carbonyl (C=O) groups is 3. The van der Waals surface area contributed by atoms with Gasteiger partial charge in [0.05, 0.1) is 6.54 Å². The van der Waals surface area contributed by atoms with Gasteiger partial charge in [-0.2, -0.15) is 0 Å². The molecular weight excluding hydrogens is 280 g/mol. The molecule has 0 aromatic carbocycles. The van der Waals surface area contributed by atoms with E-state index in [0.717, 1.165) is 0 Å². The SMILES string of the molecule is CC(C)(C)OC(=O)NC[C@H](C(=O)O)N1CC(CO)CC1=O. The van der Waals surface area contributed by atoms with E-state index in [1.165, 1.54) is 4.90 Å². The summed E-state index contributed by atoms with van der Waals surface area (Å²) in [4.78, 5) is 35.7. The van der Waals surface area contributed by atoms with Crippen LogP contribution in [-0.4, -0.2) is 64.4 Å². The van der Waals surface area contributed by atoms with Gasteiger partial charge in [0.2, 0.25) is 5.91 Å². The molecule has 1 heterocycles. The summed E-state index contributed by atoms with van der Waals surface area (Å²) in [6, 6.07) is -1.17. The number of ether oxygens (including phenoxy) is 1. The average molecular weight is 302 g/mol. The molecule has 0 aliphatic carbocycles. The van der Waals surface area contributed by atoms with Crippen LogP contribution in [0.25, 0.3) is 0 Å². The Kier molecular flexibility index (Phi) is 5.54. The first-order valence-corrected chi connectivity index (χ1v) is 6.74. The summed E-state index contributed by atoms with van der Waals surface area (Å²) in [5, 5.41) is 20.6. The smallest absolute Gasteiger partial charge is 0.407 e. The quantitative estimate of drug-likeness (QED) is 0.648. The largest absolute Gasteiger partial charge is 0.480 e. The zero-order valence-electron chi connectivity index (χ0n) is 12.5. The highest BCUT2D eigenvalue weighted by molar-refractivity contribution is 5.85. The van der Waals surface area contributed by atoms with Crippen molar-refractivity contribution < 1.29 is 29.3 Å². The van der Waals surface area contributed by atoms with Crippen LogP contribution in [0.1, 0.15) is 27.2 Å². The monoisotopic (exact) mass is 302 g/mol. The van der Waals surface area contributed by atoms with Crippen LogP contribution in [-0.2, 0) is 14.3 Å². The molecule has 8 nitrogen and oxygen atoms in total. The molecule has 0 saturated carbocycles. The Morgan fingerprint density at radius 2 is 2.10 bits per heavy atom. The number of carbonyl (C=O) groups excluding carboxylic acids is 2. The van der Waals surface area contributed by atoms with Crippen LogP contribution < -0.4 is 5.32 Å². The van der Waals surface area contributed by atoms with Gasteiger partial charge in [-0.15, -0.1) is 0 Å². The van der Waals surface area contributed by atoms with E-state index in [0.29, 0.717) is 0 Å². The molecular formula is C13H22N2O6. The van der Waals surface area contributed by atoms with Gasteiger partial charge in [-0.3, -0.25) is 4.79 Å². The van der Waals surface area contributed by atoms with E-state index in [4.69, 9.17) is 9.84 Å². The maximum absolute atomic E-state index is 11.8. The van der Waals surface area contributed by atoms with Crippen LogP contribution in [0.3, 0.4) is 0 Å². The lowest BCUT2D eigenvalue weighted by atomic mass is 10.1. The van der Waals surface area contributed by atoms with Crippen molar-refractivity contribution in [2.75, 3.05) is 19.7 Å². The Hall–Kier alpha value is -1.83. The number of nitrogens with one attached hydrogen (secondary N) is 1. The maximum atomic E-state index is 11.8. The number of hydrogen-bond acceptors (Lipinski definition) is 5. The van der Waals surface area contributed by atoms with Crippen molar-refractivity contribution in [2.45, 2.75) is 38.8 Å². The number of aliphatic hydroxyl groups excluding tert-OH is 1. The first-order valence-electron chi connectivity index (χ1n) is 6.74. The Bertz CT molecular complexity index is 417. The molecule has 8 heteroatoms. The van der Waals surface area contributed by atoms with Crippen molar-refractivity contribution in [2.24, 2.45) is 5.92 Å². The fourth-order valence-electron chi connectivity index (χ4n) is 2.06. The van der Waals surface area contributed by atoms with Gasteiger partial charge in [-0.25, -0.2) is 9.59 Å². The van der Waals surface area contributed by atoms with E-state index in [-0.39, 0.29) is 37.9 Å². The topological polar surface area (TPSA) is 116 Å². The van der Waals surface area contributed by atoms with Crippen LogP contribution in [0, 0.1) is 5.92 Å². The minimum absolute atomic E-state index is 0.118. The summed E-state index contributed by atoms with van der Waals surface area (Å²) in [6.07, 6.45) is -0.619. The molecule has 120 valence electrons. The maximum Gasteiger partial charge on any atom is 0.407 e. The fourth-order valence-corrected chi connectivity index (χ4v) is 2.06. The molecule has 1 rings (SSSR count). The van der Waals surface area contributed by atoms with Crippen LogP contribution in [0.5, 0.6) is 0 Å². The third-order valence-corrected chi connectivity index (χ3v) is 3.00. The van der Waals surface area contributed by atoms with E-state index >= 15 is 0 Å². The minimum Gasteiger partial charge on any atom is -0.480 e. The van der Waals surface area contributed by atoms with Crippen LogP contribution >= 0.6 is 0 Å². The number of rotatable bonds is 5. The van der Waals surface area contributed by atoms with Gasteiger partial charge in [0, 0.05) is 25.5 Å². The molecule has 1 unspecified atom stereocenters. The highest BCUT2D eigenvalue weighted by Crippen LogP contribution is 2.19. The predicted octanol–water partition coefficient (Wildman–Crippen LogP) is -0.195. The Labute approximate surface area is 123 Å². The van der Waals surface area contributed by atoms with Crippen molar-refractivity contribution >= 4 is 18.0 Å². The van der Waals surface area contributed by atoms with Crippen molar-refractivity contribution in [3.8, 4) is 0 Å². The first kappa shape index (κ1) is 17.2. The van der Waals surface area contributed by atoms with E-state index in [9.17, 15) is 19.5 Å². The zero-order valence-corrected chi connectivity index (χ0v) is 12.5. The fraction of sp³-hybridized carbons (Fsp3) is 0.769. The molecule has 0 bridgehead atoms. The Morgan fingerprint density at radius 1 is 1.48 bits per heavy atom. The van der Waals surface area contributed by atoms with Crippen LogP contribution in [0.15, 0.2) is 0 Å². The van der Waals surface area contributed by atoms with Gasteiger partial charge in [0.25, 0.3) is 0 Å². The second kappa shape index (κ2) is 6.75. The van der Waals surface area contributed by atoms with E-state index in [2.05, 4.69) is 5.32 Å². The third kappa shape index (κ3) is 5.22. The molecule has 0 radical (unpaired) electrons. The summed E-state index contributed by atoms with van der Waals surface area (Å²) in [7, 11) is 0. The van der Waals surface area contributed by atoms with Gasteiger partial charge in [-0.1, -0.05) is 0 Å². The highest BCUT2D eigenvalue weighted by atomic mass is 16.6. The summed E-state index contributed by atoms with van der Waals surface area (Å²) in [5.74, 6) is -1.81. The van der Waals surface area contributed by atoms with Crippen molar-refractivity contribution in [1.29, 1.82) is 0 Å². The lowest BCUT2D eigenvalue weighted by Crippen LogP contribution is -2.50. The highest BCUT2D eigenvalue weighted by Gasteiger charge is 2.37. The van der Waals surface area contributed by atoms with Gasteiger partial charge in [-0.05, 0) is 20.8 Å². The lowest BCUT2D eigenvalue weighted by Gasteiger charge is -2.26. The number of likely N-dealkylation sites (tertiary alicyclic amines) is 1. The summed E-state index contributed by atoms with van der Waals surface area (Å²) < 4.78 is 5.01. The van der Waals surface area contributed by atoms with Crippen molar-refractivity contribution in [3.63, 3.8) is 0 Å². The molecule has 3 N–H and O–H groups in total. The average Bonchev–Trinajstić information content (AvgIpc) is 2.68. The standard InChI is InChI=1S/C13H22N2O6/c1-13(2,3)21-12(20)14-5-9(11(18)19)15-6-8(7-16)4-10(15)17/h8-9,16H,4-7H2,1-3H3,(H,14,20)(H,18,19)/t8?,9-/m1/s1. The molecule has 1 aliphatic heterocycles. The van der Waals surface area contributed by atoms with Crippen molar-refractivity contribution in [3.05, 3.63) is 0 Å². The molecule has 2 atom stereocenters. The number of hydrogen-bond donors (Lipinski definition) is 3. The summed E-state index contributed by atoms with van der Waals surface area (Å²) in [6.45, 7) is 4.83. The number of carboxylic acid groups (broad SMARTS) is 1. The number of aliphatic carboxylic acids is 1. The van der Waals surface area contributed by atoms with Gasteiger partial charge in [0.15, 0.2) is 0 Å². The Balaban J connectivity index is 2.61. The summed E-state index contributed by atoms with van der Waals surface area (Å²) >= 11 is 0. The molecule has 1 fully saturated rings. The second-order valence-corrected chi connectivity index (χ2v) is 6.04. The summed E-state index contributed by atoms with van der Waals surface area (Å²) in [5.41, 5.74) is -0.686. The number of amides is 2. The predicted molar refractivity (Wildman–Crippen MR) is 72.6 cm³/mol. The molecule has 2 amide bonds. The molecule has 0 aromatic rings. The van der Waals surface area contributed by atoms with E-state index < -0.39 is 23.7 Å². The van der Waals surface area contributed by atoms with E-state index in [1.54, 1.807) is 20.8 Å². The van der Waals surface area contributed by atoms with Crippen molar-refractivity contribution in [1.82, 2.24) is 10.2 Å².